The fourth-order valence-electron chi connectivity index (χ4n) is 4.47. The Kier molecular flexibility index (Phi) is 8.14. The molecule has 0 aliphatic carbocycles. The minimum absolute atomic E-state index is 0.0507. The number of hydrogen-bond acceptors (Lipinski definition) is 9. The van der Waals surface area contributed by atoms with Gasteiger partial charge in [-0.3, -0.25) is 14.5 Å². The Bertz CT molecular complexity index is 1710. The summed E-state index contributed by atoms with van der Waals surface area (Å²) in [5.41, 5.74) is 1.79. The summed E-state index contributed by atoms with van der Waals surface area (Å²) in [5, 5.41) is 21.3. The van der Waals surface area contributed by atoms with Crippen molar-refractivity contribution in [1.29, 1.82) is 0 Å². The molecule has 1 amide bonds. The van der Waals surface area contributed by atoms with Gasteiger partial charge < -0.3 is 14.6 Å². The molecule has 0 spiro atoms. The molecule has 1 aromatic heterocycles. The zero-order chi connectivity index (χ0) is 28.7. The van der Waals surface area contributed by atoms with E-state index in [1.165, 1.54) is 28.0 Å². The van der Waals surface area contributed by atoms with E-state index in [-0.39, 0.29) is 16.5 Å². The van der Waals surface area contributed by atoms with Crippen molar-refractivity contribution in [3.05, 3.63) is 96.5 Å². The average molecular weight is 738 g/mol. The number of aromatic nitrogens is 2. The molecule has 1 saturated heterocycles. The number of nitrogens with zero attached hydrogens (tertiary/aromatic N) is 3. The van der Waals surface area contributed by atoms with Crippen molar-refractivity contribution in [2.75, 3.05) is 18.1 Å². The van der Waals surface area contributed by atoms with Crippen LogP contribution in [0.4, 0.5) is 5.13 Å². The second kappa shape index (κ2) is 11.8. The summed E-state index contributed by atoms with van der Waals surface area (Å²) in [6, 6.07) is 16.6. The van der Waals surface area contributed by atoms with Gasteiger partial charge in [-0.05, 0) is 76.2 Å². The normalized spacial score (nSPS) is 17.7. The molecule has 0 bridgehead atoms. The zero-order valence-electron chi connectivity index (χ0n) is 20.8. The molecule has 41 heavy (non-hydrogen) atoms. The van der Waals surface area contributed by atoms with Crippen LogP contribution in [-0.2, 0) is 15.3 Å². The highest BCUT2D eigenvalue weighted by atomic mass is 127. The average Bonchev–Trinajstić information content (AvgIpc) is 3.54. The quantitative estimate of drug-likeness (QED) is 0.0557. The van der Waals surface area contributed by atoms with Gasteiger partial charge in [0.2, 0.25) is 5.13 Å². The molecule has 0 radical (unpaired) electrons. The maximum atomic E-state index is 13.5. The summed E-state index contributed by atoms with van der Waals surface area (Å²) in [6.45, 7) is 0.789. The molecule has 8 nitrogen and oxygen atoms in total. The van der Waals surface area contributed by atoms with E-state index in [1.54, 1.807) is 30.3 Å². The van der Waals surface area contributed by atoms with Crippen molar-refractivity contribution in [2.24, 2.45) is 0 Å². The summed E-state index contributed by atoms with van der Waals surface area (Å²) < 4.78 is 12.8. The van der Waals surface area contributed by atoms with Crippen LogP contribution in [-0.4, -0.2) is 40.2 Å². The Labute approximate surface area is 266 Å². The third kappa shape index (κ3) is 5.65. The molecule has 1 fully saturated rings. The molecule has 1 unspecified atom stereocenters. The van der Waals surface area contributed by atoms with Crippen LogP contribution in [0, 0.1) is 3.57 Å². The number of Topliss-reactive ketones (excluding diaryl/α,β-unsaturated/α-hetero) is 1. The Morgan fingerprint density at radius 2 is 1.78 bits per heavy atom. The predicted octanol–water partition coefficient (Wildman–Crippen LogP) is 7.14. The van der Waals surface area contributed by atoms with Crippen molar-refractivity contribution in [1.82, 2.24) is 10.2 Å². The number of fused-ring (bicyclic) bond motifs is 1. The summed E-state index contributed by atoms with van der Waals surface area (Å²) >= 11 is 17.1. The van der Waals surface area contributed by atoms with Gasteiger partial charge >= 0.3 is 5.91 Å². The van der Waals surface area contributed by atoms with E-state index in [2.05, 4.69) is 32.8 Å². The van der Waals surface area contributed by atoms with Gasteiger partial charge in [0, 0.05) is 24.9 Å². The third-order valence-corrected chi connectivity index (χ3v) is 9.82. The van der Waals surface area contributed by atoms with E-state index < -0.39 is 17.7 Å². The first-order chi connectivity index (χ1) is 19.8. The molecule has 208 valence electrons. The van der Waals surface area contributed by atoms with E-state index in [0.717, 1.165) is 9.13 Å². The molecule has 1 atom stereocenters. The number of aliphatic hydroxyl groups excluding tert-OH is 1. The van der Waals surface area contributed by atoms with Crippen LogP contribution >= 0.6 is 68.9 Å². The molecule has 1 N–H and O–H groups in total. The van der Waals surface area contributed by atoms with Crippen LogP contribution in [0.2, 0.25) is 10.0 Å². The fourth-order valence-corrected chi connectivity index (χ4v) is 7.26. The monoisotopic (exact) mass is 737 g/mol. The van der Waals surface area contributed by atoms with Crippen LogP contribution in [0.25, 0.3) is 5.76 Å². The van der Waals surface area contributed by atoms with Gasteiger partial charge in [0.15, 0.2) is 15.8 Å². The van der Waals surface area contributed by atoms with Gasteiger partial charge in [0.25, 0.3) is 5.78 Å². The molecule has 2 aliphatic rings. The van der Waals surface area contributed by atoms with Crippen LogP contribution in [0.1, 0.15) is 22.7 Å². The van der Waals surface area contributed by atoms with Gasteiger partial charge in [-0.2, -0.15) is 0 Å². The van der Waals surface area contributed by atoms with Crippen molar-refractivity contribution in [2.45, 2.75) is 16.1 Å². The van der Waals surface area contributed by atoms with Crippen molar-refractivity contribution in [3.63, 3.8) is 0 Å². The van der Waals surface area contributed by atoms with Crippen molar-refractivity contribution in [3.8, 4) is 11.5 Å². The summed E-state index contributed by atoms with van der Waals surface area (Å²) in [7, 11) is 0. The molecule has 3 heterocycles. The zero-order valence-corrected chi connectivity index (χ0v) is 26.1. The number of anilines is 1. The lowest BCUT2D eigenvalue weighted by molar-refractivity contribution is -0.132. The smallest absolute Gasteiger partial charge is 0.301 e. The number of ether oxygens (including phenoxy) is 2. The van der Waals surface area contributed by atoms with E-state index in [0.29, 0.717) is 56.0 Å². The molecule has 4 aromatic rings. The van der Waals surface area contributed by atoms with E-state index in [1.807, 2.05) is 30.3 Å². The highest BCUT2D eigenvalue weighted by molar-refractivity contribution is 14.1. The minimum Gasteiger partial charge on any atom is -0.507 e. The number of aliphatic hydroxyl groups is 1. The summed E-state index contributed by atoms with van der Waals surface area (Å²) in [6.07, 6.45) is 0. The van der Waals surface area contributed by atoms with Gasteiger partial charge in [0.05, 0.1) is 11.6 Å². The van der Waals surface area contributed by atoms with Crippen molar-refractivity contribution >= 4 is 91.5 Å². The first kappa shape index (κ1) is 28.3. The highest BCUT2D eigenvalue weighted by Crippen LogP contribution is 2.45. The largest absolute Gasteiger partial charge is 0.507 e. The Morgan fingerprint density at radius 1 is 1.02 bits per heavy atom. The summed E-state index contributed by atoms with van der Waals surface area (Å²) in [4.78, 5) is 28.3. The molecule has 0 saturated carbocycles. The highest BCUT2D eigenvalue weighted by Gasteiger charge is 2.48. The number of thioether (sulfide) groups is 1. The van der Waals surface area contributed by atoms with E-state index >= 15 is 0 Å². The number of rotatable bonds is 6. The van der Waals surface area contributed by atoms with E-state index in [9.17, 15) is 14.7 Å². The topological polar surface area (TPSA) is 102 Å². The Balaban J connectivity index is 1.37. The third-order valence-electron chi connectivity index (χ3n) is 6.41. The molecular weight excluding hydrogens is 720 g/mol. The van der Waals surface area contributed by atoms with Crippen molar-refractivity contribution < 1.29 is 24.2 Å². The van der Waals surface area contributed by atoms with Gasteiger partial charge in [-0.1, -0.05) is 64.5 Å². The molecule has 3 aromatic carbocycles. The minimum atomic E-state index is -0.920. The Morgan fingerprint density at radius 3 is 2.54 bits per heavy atom. The number of carbonyl (C=O) groups excluding carboxylic acids is 2. The number of ketones is 1. The fraction of sp³-hybridized carbons (Fsp3) is 0.143. The van der Waals surface area contributed by atoms with Gasteiger partial charge in [0.1, 0.15) is 19.0 Å². The van der Waals surface area contributed by atoms with Crippen LogP contribution < -0.4 is 14.4 Å². The molecule has 2 aliphatic heterocycles. The number of halogens is 3. The number of amides is 1. The molecule has 13 heteroatoms. The lowest BCUT2D eigenvalue weighted by Crippen LogP contribution is -2.29. The number of carbonyl (C=O) groups is 2. The predicted molar refractivity (Wildman–Crippen MR) is 167 cm³/mol. The van der Waals surface area contributed by atoms with Crippen LogP contribution in [0.15, 0.2) is 70.6 Å². The first-order valence-corrected chi connectivity index (χ1v) is 15.8. The van der Waals surface area contributed by atoms with Crippen LogP contribution in [0.3, 0.4) is 0 Å². The standard InChI is InChI=1S/C28H18Cl2IN3O5S2/c29-17-5-1-16(19(30)12-17)13-40-28-33-32-27(41-28)34-23(14-2-6-18(31)7-3-14)22(25(36)26(34)37)24(35)15-4-8-20-21(11-15)39-10-9-38-20/h1-8,11-12,23,35H,9-10,13H2/b24-22+. The number of benzene rings is 3. The Hall–Kier alpha value is -2.84. The maximum Gasteiger partial charge on any atom is 0.301 e. The lowest BCUT2D eigenvalue weighted by Gasteiger charge is -2.23. The second-order valence-corrected chi connectivity index (χ2v) is 13.2. The van der Waals surface area contributed by atoms with Gasteiger partial charge in [-0.25, -0.2) is 0 Å². The number of hydrogen-bond donors (Lipinski definition) is 1. The maximum absolute atomic E-state index is 13.5. The first-order valence-electron chi connectivity index (χ1n) is 12.2. The van der Waals surface area contributed by atoms with E-state index in [4.69, 9.17) is 32.7 Å². The van der Waals surface area contributed by atoms with Crippen LogP contribution in [0.5, 0.6) is 11.5 Å². The second-order valence-electron chi connectivity index (χ2n) is 8.95. The summed E-state index contributed by atoms with van der Waals surface area (Å²) in [5.74, 6) is -0.441. The van der Waals surface area contributed by atoms with Gasteiger partial charge in [-0.15, -0.1) is 10.2 Å². The molecule has 6 rings (SSSR count). The molecular formula is C28H18Cl2IN3O5S2. The SMILES string of the molecule is O=C1C(=O)N(c2nnc(SCc3ccc(Cl)cc3Cl)s2)C(c2ccc(I)cc2)/C1=C(\O)c1ccc2c(c1)OCCO2. The lowest BCUT2D eigenvalue weighted by atomic mass is 9.95.